The molecule has 0 saturated carbocycles. The molecule has 0 bridgehead atoms. The molecule has 0 aromatic carbocycles. The van der Waals surface area contributed by atoms with E-state index in [1.54, 1.807) is 0 Å². The highest BCUT2D eigenvalue weighted by atomic mass is 14.9. The van der Waals surface area contributed by atoms with Crippen molar-refractivity contribution in [2.45, 2.75) is 13.8 Å². The molecule has 1 aromatic rings. The quantitative estimate of drug-likeness (QED) is 0.585. The van der Waals surface area contributed by atoms with Gasteiger partial charge in [0.15, 0.2) is 0 Å². The third-order valence-electron chi connectivity index (χ3n) is 1.42. The van der Waals surface area contributed by atoms with Crippen LogP contribution in [-0.4, -0.2) is 12.0 Å². The maximum atomic E-state index is 3.20. The van der Waals surface area contributed by atoms with E-state index in [2.05, 4.69) is 23.3 Å². The van der Waals surface area contributed by atoms with Gasteiger partial charge in [0.25, 0.3) is 0 Å². The number of aromatic amines is 1. The first-order chi connectivity index (χ1) is 4.24. The first-order valence-corrected chi connectivity index (χ1v) is 3.08. The van der Waals surface area contributed by atoms with Crippen LogP contribution in [0.4, 0.5) is 5.69 Å². The van der Waals surface area contributed by atoms with Crippen molar-refractivity contribution in [1.29, 1.82) is 0 Å². The predicted octanol–water partition coefficient (Wildman–Crippen LogP) is 1.67. The Morgan fingerprint density at radius 1 is 1.44 bits per heavy atom. The fourth-order valence-electron chi connectivity index (χ4n) is 0.984. The lowest BCUT2D eigenvalue weighted by molar-refractivity contribution is 1.19. The van der Waals surface area contributed by atoms with Crippen LogP contribution in [-0.2, 0) is 0 Å². The van der Waals surface area contributed by atoms with Crippen molar-refractivity contribution in [3.8, 4) is 0 Å². The van der Waals surface area contributed by atoms with Gasteiger partial charge >= 0.3 is 0 Å². The minimum absolute atomic E-state index is 1.19. The van der Waals surface area contributed by atoms with Crippen LogP contribution in [0.1, 0.15) is 11.4 Å². The molecule has 0 amide bonds. The van der Waals surface area contributed by atoms with Crippen LogP contribution in [0.5, 0.6) is 0 Å². The number of H-pyrrole nitrogens is 1. The zero-order valence-electron chi connectivity index (χ0n) is 6.08. The van der Waals surface area contributed by atoms with Crippen molar-refractivity contribution in [1.82, 2.24) is 4.98 Å². The SMILES string of the molecule is CNc1cc(C)[nH]c1C. The van der Waals surface area contributed by atoms with Crippen LogP contribution < -0.4 is 5.32 Å². The fraction of sp³-hybridized carbons (Fsp3) is 0.429. The second-order valence-electron chi connectivity index (χ2n) is 2.24. The molecular weight excluding hydrogens is 112 g/mol. The van der Waals surface area contributed by atoms with E-state index in [0.29, 0.717) is 0 Å². The first kappa shape index (κ1) is 6.20. The van der Waals surface area contributed by atoms with Crippen molar-refractivity contribution in [2.24, 2.45) is 0 Å². The lowest BCUT2D eigenvalue weighted by atomic mass is 10.4. The average Bonchev–Trinajstić information content (AvgIpc) is 2.10. The Morgan fingerprint density at radius 3 is 2.33 bits per heavy atom. The van der Waals surface area contributed by atoms with Gasteiger partial charge in [0.05, 0.1) is 5.69 Å². The molecular formula is C7H12N2. The molecule has 0 unspecified atom stereocenters. The summed E-state index contributed by atoms with van der Waals surface area (Å²) in [6.45, 7) is 4.10. The Balaban J connectivity index is 3.01. The van der Waals surface area contributed by atoms with Gasteiger partial charge < -0.3 is 10.3 Å². The smallest absolute Gasteiger partial charge is 0.0548 e. The molecule has 0 aliphatic carbocycles. The summed E-state index contributed by atoms with van der Waals surface area (Å²) in [6.07, 6.45) is 0. The van der Waals surface area contributed by atoms with Crippen molar-refractivity contribution < 1.29 is 0 Å². The van der Waals surface area contributed by atoms with Gasteiger partial charge in [-0.25, -0.2) is 0 Å². The number of rotatable bonds is 1. The molecule has 0 aliphatic heterocycles. The van der Waals surface area contributed by atoms with Gasteiger partial charge in [-0.15, -0.1) is 0 Å². The van der Waals surface area contributed by atoms with Gasteiger partial charge in [0, 0.05) is 18.4 Å². The van der Waals surface area contributed by atoms with Gasteiger partial charge in [-0.3, -0.25) is 0 Å². The van der Waals surface area contributed by atoms with Crippen LogP contribution >= 0.6 is 0 Å². The van der Waals surface area contributed by atoms with Gasteiger partial charge in [-0.2, -0.15) is 0 Å². The number of hydrogen-bond acceptors (Lipinski definition) is 1. The minimum Gasteiger partial charge on any atom is -0.387 e. The molecule has 0 saturated heterocycles. The fourth-order valence-corrected chi connectivity index (χ4v) is 0.984. The Hall–Kier alpha value is -0.920. The number of hydrogen-bond donors (Lipinski definition) is 2. The topological polar surface area (TPSA) is 27.8 Å². The summed E-state index contributed by atoms with van der Waals surface area (Å²) in [6, 6.07) is 2.09. The Morgan fingerprint density at radius 2 is 2.11 bits per heavy atom. The van der Waals surface area contributed by atoms with E-state index in [9.17, 15) is 0 Å². The highest BCUT2D eigenvalue weighted by Crippen LogP contribution is 2.13. The maximum Gasteiger partial charge on any atom is 0.0548 e. The summed E-state index contributed by atoms with van der Waals surface area (Å²) >= 11 is 0. The van der Waals surface area contributed by atoms with E-state index in [1.807, 2.05) is 14.0 Å². The summed E-state index contributed by atoms with van der Waals surface area (Å²) < 4.78 is 0. The van der Waals surface area contributed by atoms with Crippen LogP contribution in [0.2, 0.25) is 0 Å². The predicted molar refractivity (Wildman–Crippen MR) is 39.8 cm³/mol. The molecule has 1 rings (SSSR count). The third kappa shape index (κ3) is 1.07. The van der Waals surface area contributed by atoms with E-state index in [1.165, 1.54) is 17.1 Å². The highest BCUT2D eigenvalue weighted by Gasteiger charge is 1.96. The molecule has 0 aliphatic rings. The molecule has 0 spiro atoms. The molecule has 9 heavy (non-hydrogen) atoms. The van der Waals surface area contributed by atoms with Gasteiger partial charge in [-0.1, -0.05) is 0 Å². The summed E-state index contributed by atoms with van der Waals surface area (Å²) in [5.74, 6) is 0. The molecule has 2 N–H and O–H groups in total. The highest BCUT2D eigenvalue weighted by molar-refractivity contribution is 5.49. The standard InChI is InChI=1S/C7H12N2/c1-5-4-7(8-3)6(2)9-5/h4,8-9H,1-3H3. The van der Waals surface area contributed by atoms with Crippen molar-refractivity contribution >= 4 is 5.69 Å². The number of aryl methyl sites for hydroxylation is 2. The van der Waals surface area contributed by atoms with E-state index in [4.69, 9.17) is 0 Å². The van der Waals surface area contributed by atoms with Crippen LogP contribution in [0.15, 0.2) is 6.07 Å². The van der Waals surface area contributed by atoms with Crippen molar-refractivity contribution in [3.63, 3.8) is 0 Å². The number of aromatic nitrogens is 1. The van der Waals surface area contributed by atoms with Crippen LogP contribution in [0, 0.1) is 13.8 Å². The second-order valence-corrected chi connectivity index (χ2v) is 2.24. The van der Waals surface area contributed by atoms with Crippen LogP contribution in [0.25, 0.3) is 0 Å². The van der Waals surface area contributed by atoms with Gasteiger partial charge in [0.2, 0.25) is 0 Å². The Kier molecular flexibility index (Phi) is 1.47. The number of nitrogens with one attached hydrogen (secondary N) is 2. The zero-order valence-corrected chi connectivity index (χ0v) is 6.08. The zero-order chi connectivity index (χ0) is 6.85. The van der Waals surface area contributed by atoms with E-state index < -0.39 is 0 Å². The Labute approximate surface area is 55.3 Å². The summed E-state index contributed by atoms with van der Waals surface area (Å²) in [5, 5.41) is 3.08. The minimum atomic E-state index is 1.19. The monoisotopic (exact) mass is 124 g/mol. The lowest BCUT2D eigenvalue weighted by Gasteiger charge is -1.93. The molecule has 2 nitrogen and oxygen atoms in total. The molecule has 0 fully saturated rings. The normalized spacial score (nSPS) is 9.67. The second kappa shape index (κ2) is 2.13. The largest absolute Gasteiger partial charge is 0.387 e. The first-order valence-electron chi connectivity index (χ1n) is 3.08. The van der Waals surface area contributed by atoms with Gasteiger partial charge in [-0.05, 0) is 19.9 Å². The summed E-state index contributed by atoms with van der Waals surface area (Å²) in [5.41, 5.74) is 3.60. The van der Waals surface area contributed by atoms with Crippen molar-refractivity contribution in [2.75, 3.05) is 12.4 Å². The van der Waals surface area contributed by atoms with Crippen LogP contribution in [0.3, 0.4) is 0 Å². The molecule has 1 heterocycles. The lowest BCUT2D eigenvalue weighted by Crippen LogP contribution is -1.86. The van der Waals surface area contributed by atoms with Gasteiger partial charge in [0.1, 0.15) is 0 Å². The Bertz CT molecular complexity index is 201. The molecule has 0 radical (unpaired) electrons. The summed E-state index contributed by atoms with van der Waals surface area (Å²) in [7, 11) is 1.93. The average molecular weight is 124 g/mol. The molecule has 2 heteroatoms. The molecule has 50 valence electrons. The van der Waals surface area contributed by atoms with E-state index in [0.717, 1.165) is 0 Å². The summed E-state index contributed by atoms with van der Waals surface area (Å²) in [4.78, 5) is 3.20. The van der Waals surface area contributed by atoms with Crippen molar-refractivity contribution in [3.05, 3.63) is 17.5 Å². The third-order valence-corrected chi connectivity index (χ3v) is 1.42. The van der Waals surface area contributed by atoms with E-state index in [-0.39, 0.29) is 0 Å². The molecule has 0 atom stereocenters. The maximum absolute atomic E-state index is 3.20. The molecule has 1 aromatic heterocycles. The number of anilines is 1. The van der Waals surface area contributed by atoms with E-state index >= 15 is 0 Å².